The molecular formula is C16H20N4O3S. The molecule has 1 aliphatic heterocycles. The predicted octanol–water partition coefficient (Wildman–Crippen LogP) is 1.92. The highest BCUT2D eigenvalue weighted by Gasteiger charge is 2.13. The van der Waals surface area contributed by atoms with Crippen molar-refractivity contribution in [3.63, 3.8) is 0 Å². The summed E-state index contributed by atoms with van der Waals surface area (Å²) in [7, 11) is 1.74. The van der Waals surface area contributed by atoms with Crippen LogP contribution in [0.2, 0.25) is 0 Å². The van der Waals surface area contributed by atoms with Crippen LogP contribution in [0, 0.1) is 6.92 Å². The molecule has 0 spiro atoms. The first-order valence-corrected chi connectivity index (χ1v) is 8.44. The zero-order valence-corrected chi connectivity index (χ0v) is 14.5. The molecule has 1 aromatic heterocycles. The summed E-state index contributed by atoms with van der Waals surface area (Å²) in [5.74, 6) is 2.94. The molecule has 2 heterocycles. The Hall–Kier alpha value is -2.48. The molecule has 0 fully saturated rings. The largest absolute Gasteiger partial charge is 0.492 e. The van der Waals surface area contributed by atoms with E-state index < -0.39 is 0 Å². The van der Waals surface area contributed by atoms with E-state index in [1.54, 1.807) is 18.4 Å². The third kappa shape index (κ3) is 4.29. The molecule has 24 heavy (non-hydrogen) atoms. The smallest absolute Gasteiger partial charge is 0.231 e. The molecule has 3 rings (SSSR count). The average molecular weight is 348 g/mol. The average Bonchev–Trinajstić information content (AvgIpc) is 3.22. The maximum atomic E-state index is 5.70. The molecule has 2 N–H and O–H groups in total. The van der Waals surface area contributed by atoms with Gasteiger partial charge in [0.15, 0.2) is 17.5 Å². The highest BCUT2D eigenvalue weighted by molar-refractivity contribution is 7.11. The number of hydrogen-bond acceptors (Lipinski definition) is 6. The van der Waals surface area contributed by atoms with Crippen LogP contribution in [0.1, 0.15) is 9.88 Å². The van der Waals surface area contributed by atoms with Crippen molar-refractivity contribution in [1.82, 2.24) is 15.6 Å². The van der Waals surface area contributed by atoms with Crippen LogP contribution in [0.4, 0.5) is 0 Å². The molecular weight excluding hydrogens is 328 g/mol. The van der Waals surface area contributed by atoms with Crippen LogP contribution in [-0.2, 0) is 6.54 Å². The summed E-state index contributed by atoms with van der Waals surface area (Å²) in [6, 6.07) is 5.55. The third-order valence-electron chi connectivity index (χ3n) is 3.31. The van der Waals surface area contributed by atoms with Crippen LogP contribution in [0.25, 0.3) is 0 Å². The van der Waals surface area contributed by atoms with Crippen molar-refractivity contribution < 1.29 is 14.2 Å². The quantitative estimate of drug-likeness (QED) is 0.472. The summed E-state index contributed by atoms with van der Waals surface area (Å²) in [4.78, 5) is 9.69. The molecule has 0 atom stereocenters. The minimum Gasteiger partial charge on any atom is -0.492 e. The lowest BCUT2D eigenvalue weighted by atomic mass is 10.3. The summed E-state index contributed by atoms with van der Waals surface area (Å²) in [5, 5.41) is 7.46. The number of guanidine groups is 1. The maximum absolute atomic E-state index is 5.70. The van der Waals surface area contributed by atoms with Gasteiger partial charge in [0.25, 0.3) is 0 Å². The maximum Gasteiger partial charge on any atom is 0.231 e. The highest BCUT2D eigenvalue weighted by atomic mass is 32.1. The van der Waals surface area contributed by atoms with E-state index in [0.717, 1.165) is 28.2 Å². The molecule has 0 saturated heterocycles. The number of aromatic nitrogens is 1. The van der Waals surface area contributed by atoms with Gasteiger partial charge in [0.2, 0.25) is 6.79 Å². The second-order valence-corrected chi connectivity index (χ2v) is 6.40. The minimum absolute atomic E-state index is 0.265. The zero-order chi connectivity index (χ0) is 16.8. The van der Waals surface area contributed by atoms with E-state index in [4.69, 9.17) is 14.2 Å². The number of ether oxygens (including phenoxy) is 3. The fourth-order valence-corrected chi connectivity index (χ4v) is 2.89. The highest BCUT2D eigenvalue weighted by Crippen LogP contribution is 2.34. The monoisotopic (exact) mass is 348 g/mol. The van der Waals surface area contributed by atoms with Crippen molar-refractivity contribution in [2.75, 3.05) is 27.0 Å². The van der Waals surface area contributed by atoms with Crippen molar-refractivity contribution in [1.29, 1.82) is 0 Å². The van der Waals surface area contributed by atoms with Gasteiger partial charge in [-0.1, -0.05) is 0 Å². The first-order chi connectivity index (χ1) is 11.7. The summed E-state index contributed by atoms with van der Waals surface area (Å²) < 4.78 is 16.3. The Morgan fingerprint density at radius 3 is 3.00 bits per heavy atom. The molecule has 0 aliphatic carbocycles. The molecule has 0 radical (unpaired) electrons. The Morgan fingerprint density at radius 1 is 1.33 bits per heavy atom. The standard InChI is InChI=1S/C16H20N4O3S/c1-11-8-19-15(24-11)9-20-16(17-2)18-5-6-21-12-3-4-13-14(7-12)23-10-22-13/h3-4,7-8H,5-6,9-10H2,1-2H3,(H2,17,18,20). The van der Waals surface area contributed by atoms with E-state index in [-0.39, 0.29) is 6.79 Å². The van der Waals surface area contributed by atoms with Gasteiger partial charge in [-0.3, -0.25) is 4.99 Å². The Bertz CT molecular complexity index is 717. The van der Waals surface area contributed by atoms with Crippen molar-refractivity contribution in [2.24, 2.45) is 4.99 Å². The van der Waals surface area contributed by atoms with Gasteiger partial charge >= 0.3 is 0 Å². The molecule has 1 aliphatic rings. The lowest BCUT2D eigenvalue weighted by molar-refractivity contribution is 0.173. The second-order valence-electron chi connectivity index (χ2n) is 5.08. The summed E-state index contributed by atoms with van der Waals surface area (Å²) in [6.45, 7) is 4.10. The van der Waals surface area contributed by atoms with Gasteiger partial charge in [0.05, 0.1) is 13.1 Å². The first-order valence-electron chi connectivity index (χ1n) is 7.63. The zero-order valence-electron chi connectivity index (χ0n) is 13.7. The summed E-state index contributed by atoms with van der Waals surface area (Å²) >= 11 is 1.67. The van der Waals surface area contributed by atoms with Gasteiger partial charge in [-0.25, -0.2) is 4.98 Å². The van der Waals surface area contributed by atoms with Crippen LogP contribution in [-0.4, -0.2) is 37.9 Å². The number of thiazole rings is 1. The van der Waals surface area contributed by atoms with Crippen molar-refractivity contribution in [3.05, 3.63) is 34.3 Å². The Kier molecular flexibility index (Phi) is 5.37. The molecule has 0 saturated carbocycles. The van der Waals surface area contributed by atoms with Crippen LogP contribution >= 0.6 is 11.3 Å². The number of benzene rings is 1. The van der Waals surface area contributed by atoms with Gasteiger partial charge in [0, 0.05) is 24.2 Å². The number of hydrogen-bond donors (Lipinski definition) is 2. The first kappa shape index (κ1) is 16.4. The van der Waals surface area contributed by atoms with Gasteiger partial charge in [-0.2, -0.15) is 0 Å². The fourth-order valence-electron chi connectivity index (χ4n) is 2.17. The Balaban J connectivity index is 1.38. The number of nitrogens with one attached hydrogen (secondary N) is 2. The number of aliphatic imine (C=N–C) groups is 1. The van der Waals surface area contributed by atoms with Crippen molar-refractivity contribution in [3.8, 4) is 17.2 Å². The number of nitrogens with zero attached hydrogens (tertiary/aromatic N) is 2. The minimum atomic E-state index is 0.265. The third-order valence-corrected chi connectivity index (χ3v) is 4.22. The van der Waals surface area contributed by atoms with Gasteiger partial charge < -0.3 is 24.8 Å². The van der Waals surface area contributed by atoms with Gasteiger partial charge in [-0.05, 0) is 19.1 Å². The molecule has 1 aromatic carbocycles. The van der Waals surface area contributed by atoms with E-state index >= 15 is 0 Å². The Labute approximate surface area is 144 Å². The van der Waals surface area contributed by atoms with E-state index in [9.17, 15) is 0 Å². The molecule has 128 valence electrons. The normalized spacial score (nSPS) is 13.0. The molecule has 0 bridgehead atoms. The molecule has 0 amide bonds. The summed E-state index contributed by atoms with van der Waals surface area (Å²) in [5.41, 5.74) is 0. The fraction of sp³-hybridized carbons (Fsp3) is 0.375. The van der Waals surface area contributed by atoms with E-state index in [0.29, 0.717) is 19.7 Å². The topological polar surface area (TPSA) is 77.0 Å². The van der Waals surface area contributed by atoms with E-state index in [1.165, 1.54) is 4.88 Å². The van der Waals surface area contributed by atoms with Gasteiger partial charge in [-0.15, -0.1) is 11.3 Å². The van der Waals surface area contributed by atoms with E-state index in [1.807, 2.05) is 31.3 Å². The van der Waals surface area contributed by atoms with Crippen LogP contribution in [0.5, 0.6) is 17.2 Å². The number of rotatable bonds is 6. The van der Waals surface area contributed by atoms with Gasteiger partial charge in [0.1, 0.15) is 17.4 Å². The molecule has 8 heteroatoms. The van der Waals surface area contributed by atoms with Crippen LogP contribution in [0.3, 0.4) is 0 Å². The predicted molar refractivity (Wildman–Crippen MR) is 93.1 cm³/mol. The molecule has 7 nitrogen and oxygen atoms in total. The van der Waals surface area contributed by atoms with Crippen molar-refractivity contribution in [2.45, 2.75) is 13.5 Å². The molecule has 2 aromatic rings. The van der Waals surface area contributed by atoms with Crippen molar-refractivity contribution >= 4 is 17.3 Å². The lowest BCUT2D eigenvalue weighted by Gasteiger charge is -2.12. The Morgan fingerprint density at radius 2 is 2.21 bits per heavy atom. The SMILES string of the molecule is CN=C(NCCOc1ccc2c(c1)OCO2)NCc1ncc(C)s1. The number of aryl methyl sites for hydroxylation is 1. The summed E-state index contributed by atoms with van der Waals surface area (Å²) in [6.07, 6.45) is 1.87. The number of fused-ring (bicyclic) bond motifs is 1. The van der Waals surface area contributed by atoms with E-state index in [2.05, 4.69) is 20.6 Å². The molecule has 0 unspecified atom stereocenters. The second kappa shape index (κ2) is 7.87. The lowest BCUT2D eigenvalue weighted by Crippen LogP contribution is -2.38. The van der Waals surface area contributed by atoms with Crippen LogP contribution in [0.15, 0.2) is 29.4 Å². The van der Waals surface area contributed by atoms with Crippen LogP contribution < -0.4 is 24.8 Å².